The highest BCUT2D eigenvalue weighted by Crippen LogP contribution is 2.43. The Balaban J connectivity index is 2.19. The van der Waals surface area contributed by atoms with E-state index in [4.69, 9.17) is 14.2 Å². The SMILES string of the molecule is COc1ccc([C@@H]2OC(=O)C(CCC(C)=O)[C@@H]2C)cc1OC. The zero-order valence-electron chi connectivity index (χ0n) is 13.4. The Bertz CT molecular complexity index is 566. The van der Waals surface area contributed by atoms with Crippen molar-refractivity contribution in [2.75, 3.05) is 14.2 Å². The number of hydrogen-bond acceptors (Lipinski definition) is 5. The van der Waals surface area contributed by atoms with E-state index in [-0.39, 0.29) is 29.7 Å². The highest BCUT2D eigenvalue weighted by molar-refractivity contribution is 5.78. The van der Waals surface area contributed by atoms with Gasteiger partial charge in [-0.25, -0.2) is 0 Å². The monoisotopic (exact) mass is 306 g/mol. The number of ether oxygens (including phenoxy) is 3. The van der Waals surface area contributed by atoms with Gasteiger partial charge in [-0.1, -0.05) is 13.0 Å². The first-order valence-electron chi connectivity index (χ1n) is 7.39. The van der Waals surface area contributed by atoms with Crippen LogP contribution in [0, 0.1) is 11.8 Å². The molecular weight excluding hydrogens is 284 g/mol. The summed E-state index contributed by atoms with van der Waals surface area (Å²) in [4.78, 5) is 23.2. The number of esters is 1. The molecule has 1 unspecified atom stereocenters. The summed E-state index contributed by atoms with van der Waals surface area (Å²) >= 11 is 0. The first-order valence-corrected chi connectivity index (χ1v) is 7.39. The van der Waals surface area contributed by atoms with Crippen LogP contribution in [0.1, 0.15) is 38.4 Å². The topological polar surface area (TPSA) is 61.8 Å². The number of carbonyl (C=O) groups is 2. The average molecular weight is 306 g/mol. The average Bonchev–Trinajstić information content (AvgIpc) is 2.79. The third kappa shape index (κ3) is 3.24. The number of ketones is 1. The molecule has 1 fully saturated rings. The normalized spacial score (nSPS) is 24.0. The van der Waals surface area contributed by atoms with Gasteiger partial charge in [0.2, 0.25) is 0 Å². The summed E-state index contributed by atoms with van der Waals surface area (Å²) in [5.74, 6) is 0.891. The number of cyclic esters (lactones) is 1. The van der Waals surface area contributed by atoms with Gasteiger partial charge in [-0.15, -0.1) is 0 Å². The molecule has 5 nitrogen and oxygen atoms in total. The summed E-state index contributed by atoms with van der Waals surface area (Å²) in [5, 5.41) is 0. The van der Waals surface area contributed by atoms with Crippen molar-refractivity contribution in [3.05, 3.63) is 23.8 Å². The van der Waals surface area contributed by atoms with Crippen LogP contribution >= 0.6 is 0 Å². The molecule has 0 spiro atoms. The van der Waals surface area contributed by atoms with E-state index in [1.807, 2.05) is 19.1 Å². The Hall–Kier alpha value is -2.04. The van der Waals surface area contributed by atoms with Crippen molar-refractivity contribution in [3.8, 4) is 11.5 Å². The van der Waals surface area contributed by atoms with Crippen LogP contribution in [0.5, 0.6) is 11.5 Å². The number of benzene rings is 1. The van der Waals surface area contributed by atoms with Crippen LogP contribution in [0.4, 0.5) is 0 Å². The molecule has 0 bridgehead atoms. The molecule has 3 atom stereocenters. The minimum Gasteiger partial charge on any atom is -0.493 e. The van der Waals surface area contributed by atoms with E-state index in [0.717, 1.165) is 5.56 Å². The van der Waals surface area contributed by atoms with Gasteiger partial charge in [0.1, 0.15) is 11.9 Å². The second kappa shape index (κ2) is 6.81. The molecule has 1 saturated heterocycles. The molecule has 0 amide bonds. The van der Waals surface area contributed by atoms with Crippen LogP contribution < -0.4 is 9.47 Å². The summed E-state index contributed by atoms with van der Waals surface area (Å²) in [7, 11) is 3.15. The van der Waals surface area contributed by atoms with Crippen molar-refractivity contribution in [3.63, 3.8) is 0 Å². The standard InChI is InChI=1S/C17H22O5/c1-10(18)5-7-13-11(2)16(22-17(13)19)12-6-8-14(20-3)15(9-12)21-4/h6,8-9,11,13,16H,5,7H2,1-4H3/t11-,13?,16+/m0/s1. The number of methoxy groups -OCH3 is 2. The van der Waals surface area contributed by atoms with Crippen LogP contribution in [0.15, 0.2) is 18.2 Å². The van der Waals surface area contributed by atoms with Gasteiger partial charge in [0, 0.05) is 12.3 Å². The molecule has 0 aromatic heterocycles. The molecule has 0 aliphatic carbocycles. The van der Waals surface area contributed by atoms with Crippen molar-refractivity contribution in [1.29, 1.82) is 0 Å². The second-order valence-electron chi connectivity index (χ2n) is 5.68. The maximum Gasteiger partial charge on any atom is 0.309 e. The largest absolute Gasteiger partial charge is 0.493 e. The summed E-state index contributed by atoms with van der Waals surface area (Å²) in [6.45, 7) is 3.52. The minimum atomic E-state index is -0.315. The first-order chi connectivity index (χ1) is 10.5. The molecule has 1 aliphatic heterocycles. The van der Waals surface area contributed by atoms with Gasteiger partial charge in [0.15, 0.2) is 11.5 Å². The van der Waals surface area contributed by atoms with Crippen LogP contribution in [-0.4, -0.2) is 26.0 Å². The van der Waals surface area contributed by atoms with Crippen LogP contribution in [0.25, 0.3) is 0 Å². The van der Waals surface area contributed by atoms with E-state index in [1.54, 1.807) is 20.3 Å². The number of hydrogen-bond donors (Lipinski definition) is 0. The van der Waals surface area contributed by atoms with Gasteiger partial charge in [-0.05, 0) is 31.0 Å². The van der Waals surface area contributed by atoms with E-state index in [1.165, 1.54) is 6.92 Å². The Morgan fingerprint density at radius 3 is 2.50 bits per heavy atom. The third-order valence-corrected chi connectivity index (χ3v) is 4.20. The zero-order valence-corrected chi connectivity index (χ0v) is 13.4. The summed E-state index contributed by atoms with van der Waals surface area (Å²) in [6, 6.07) is 5.52. The number of Topliss-reactive ketones (excluding diaryl/α,β-unsaturated/α-hetero) is 1. The van der Waals surface area contributed by atoms with Gasteiger partial charge in [-0.3, -0.25) is 4.79 Å². The van der Waals surface area contributed by atoms with Crippen molar-refractivity contribution < 1.29 is 23.8 Å². The Morgan fingerprint density at radius 2 is 1.91 bits per heavy atom. The van der Waals surface area contributed by atoms with E-state index in [0.29, 0.717) is 24.3 Å². The van der Waals surface area contributed by atoms with Gasteiger partial charge in [-0.2, -0.15) is 0 Å². The fourth-order valence-corrected chi connectivity index (χ4v) is 2.89. The van der Waals surface area contributed by atoms with Crippen molar-refractivity contribution >= 4 is 11.8 Å². The van der Waals surface area contributed by atoms with E-state index in [2.05, 4.69) is 0 Å². The van der Waals surface area contributed by atoms with Gasteiger partial charge < -0.3 is 19.0 Å². The smallest absolute Gasteiger partial charge is 0.309 e. The van der Waals surface area contributed by atoms with Gasteiger partial charge >= 0.3 is 5.97 Å². The van der Waals surface area contributed by atoms with E-state index in [9.17, 15) is 9.59 Å². The maximum absolute atomic E-state index is 12.1. The predicted octanol–water partition coefficient (Wildman–Crippen LogP) is 2.92. The lowest BCUT2D eigenvalue weighted by Crippen LogP contribution is -2.15. The quantitative estimate of drug-likeness (QED) is 0.756. The second-order valence-corrected chi connectivity index (χ2v) is 5.68. The lowest BCUT2D eigenvalue weighted by Gasteiger charge is -2.18. The van der Waals surface area contributed by atoms with Gasteiger partial charge in [0.25, 0.3) is 0 Å². The molecule has 2 rings (SSSR count). The molecule has 0 N–H and O–H groups in total. The number of carbonyl (C=O) groups excluding carboxylic acids is 2. The fraction of sp³-hybridized carbons (Fsp3) is 0.529. The van der Waals surface area contributed by atoms with Gasteiger partial charge in [0.05, 0.1) is 20.1 Å². The van der Waals surface area contributed by atoms with Crippen LogP contribution in [0.3, 0.4) is 0 Å². The summed E-state index contributed by atoms with van der Waals surface area (Å²) in [6.07, 6.45) is 0.631. The molecule has 0 saturated carbocycles. The molecule has 0 radical (unpaired) electrons. The molecule has 120 valence electrons. The highest BCUT2D eigenvalue weighted by atomic mass is 16.6. The molecule has 22 heavy (non-hydrogen) atoms. The molecule has 1 aliphatic rings. The Labute approximate surface area is 130 Å². The number of rotatable bonds is 6. The van der Waals surface area contributed by atoms with Crippen molar-refractivity contribution in [2.45, 2.75) is 32.8 Å². The van der Waals surface area contributed by atoms with E-state index >= 15 is 0 Å². The Morgan fingerprint density at radius 1 is 1.23 bits per heavy atom. The molecule has 1 aromatic carbocycles. The fourth-order valence-electron chi connectivity index (χ4n) is 2.89. The van der Waals surface area contributed by atoms with Crippen LogP contribution in [0.2, 0.25) is 0 Å². The molecule has 5 heteroatoms. The Kier molecular flexibility index (Phi) is 5.06. The lowest BCUT2D eigenvalue weighted by molar-refractivity contribution is -0.144. The van der Waals surface area contributed by atoms with Crippen molar-refractivity contribution in [1.82, 2.24) is 0 Å². The predicted molar refractivity (Wildman–Crippen MR) is 80.9 cm³/mol. The molecular formula is C17H22O5. The highest BCUT2D eigenvalue weighted by Gasteiger charge is 2.42. The summed E-state index contributed by atoms with van der Waals surface area (Å²) < 4.78 is 16.0. The first kappa shape index (κ1) is 16.3. The minimum absolute atomic E-state index is 0.0185. The molecule has 1 aromatic rings. The third-order valence-electron chi connectivity index (χ3n) is 4.20. The summed E-state index contributed by atoms with van der Waals surface area (Å²) in [5.41, 5.74) is 0.879. The van der Waals surface area contributed by atoms with Crippen molar-refractivity contribution in [2.24, 2.45) is 11.8 Å². The maximum atomic E-state index is 12.1. The zero-order chi connectivity index (χ0) is 16.3. The van der Waals surface area contributed by atoms with Crippen LogP contribution in [-0.2, 0) is 14.3 Å². The molecule has 1 heterocycles. The van der Waals surface area contributed by atoms with E-state index < -0.39 is 0 Å². The lowest BCUT2D eigenvalue weighted by atomic mass is 9.85.